The average molecular weight is 546 g/mol. The number of amides is 3. The molecule has 7 heteroatoms. The maximum atomic E-state index is 13.9. The summed E-state index contributed by atoms with van der Waals surface area (Å²) < 4.78 is 0. The van der Waals surface area contributed by atoms with Crippen LogP contribution in [0.2, 0.25) is 0 Å². The van der Waals surface area contributed by atoms with Crippen LogP contribution in [0.4, 0.5) is 4.79 Å². The standard InChI is InChI=1S/C32H55N3O4/c1-21(2)18-27(35(31(38)39)32(3,4)5)30(37)34-19-24-16-17-26(25(24)20-34)33-29(36)28(22-12-8-6-9-13-22)23-14-10-7-11-15-23/h21-28H,6-20H2,1-5H3,(H,33,36)(H,38,39)/t24-,25+,26+,27+/m0/s1. The highest BCUT2D eigenvalue weighted by molar-refractivity contribution is 5.86. The van der Waals surface area contributed by atoms with E-state index in [2.05, 4.69) is 5.32 Å². The molecule has 0 aromatic carbocycles. The molecule has 0 aromatic rings. The van der Waals surface area contributed by atoms with Gasteiger partial charge in [-0.25, -0.2) is 4.79 Å². The van der Waals surface area contributed by atoms with Crippen molar-refractivity contribution >= 4 is 17.9 Å². The summed E-state index contributed by atoms with van der Waals surface area (Å²) in [5, 5.41) is 13.6. The van der Waals surface area contributed by atoms with Crippen molar-refractivity contribution in [1.29, 1.82) is 0 Å². The first kappa shape index (κ1) is 30.2. The first-order valence-electron chi connectivity index (χ1n) is 16.1. The summed E-state index contributed by atoms with van der Waals surface area (Å²) in [7, 11) is 0. The third kappa shape index (κ3) is 7.11. The Hall–Kier alpha value is -1.79. The number of carbonyl (C=O) groups excluding carboxylic acids is 2. The first-order chi connectivity index (χ1) is 18.5. The highest BCUT2D eigenvalue weighted by Gasteiger charge is 2.48. The van der Waals surface area contributed by atoms with E-state index in [0.29, 0.717) is 37.3 Å². The molecule has 3 aliphatic carbocycles. The molecule has 2 N–H and O–H groups in total. The van der Waals surface area contributed by atoms with Gasteiger partial charge in [0.15, 0.2) is 0 Å². The topological polar surface area (TPSA) is 90.0 Å². The van der Waals surface area contributed by atoms with Crippen molar-refractivity contribution in [3.8, 4) is 0 Å². The van der Waals surface area contributed by atoms with Crippen molar-refractivity contribution < 1.29 is 19.5 Å². The van der Waals surface area contributed by atoms with Gasteiger partial charge in [0.1, 0.15) is 6.04 Å². The monoisotopic (exact) mass is 545 g/mol. The van der Waals surface area contributed by atoms with Crippen LogP contribution in [0.5, 0.6) is 0 Å². The Morgan fingerprint density at radius 1 is 0.872 bits per heavy atom. The Labute approximate surface area is 236 Å². The maximum Gasteiger partial charge on any atom is 0.408 e. The van der Waals surface area contributed by atoms with Crippen molar-refractivity contribution in [1.82, 2.24) is 15.1 Å². The van der Waals surface area contributed by atoms with Crippen LogP contribution in [0.1, 0.15) is 118 Å². The van der Waals surface area contributed by atoms with E-state index >= 15 is 0 Å². The van der Waals surface area contributed by atoms with Crippen molar-refractivity contribution in [2.75, 3.05) is 13.1 Å². The van der Waals surface area contributed by atoms with Gasteiger partial charge >= 0.3 is 6.09 Å². The molecule has 4 atom stereocenters. The van der Waals surface area contributed by atoms with Gasteiger partial charge in [0.05, 0.1) is 0 Å². The predicted molar refractivity (Wildman–Crippen MR) is 154 cm³/mol. The van der Waals surface area contributed by atoms with Crippen LogP contribution >= 0.6 is 0 Å². The SMILES string of the molecule is CC(C)C[C@H](C(=O)N1C[C@@H]2CC[C@@H](NC(=O)C(C3CCCCC3)C3CCCCC3)[C@@H]2C1)N(C(=O)O)C(C)(C)C. The van der Waals surface area contributed by atoms with Gasteiger partial charge in [-0.05, 0) is 89.4 Å². The Balaban J connectivity index is 1.45. The lowest BCUT2D eigenvalue weighted by atomic mass is 9.69. The van der Waals surface area contributed by atoms with Crippen molar-refractivity contribution in [3.63, 3.8) is 0 Å². The summed E-state index contributed by atoms with van der Waals surface area (Å²) in [5.41, 5.74) is -0.666. The van der Waals surface area contributed by atoms with Crippen molar-refractivity contribution in [2.24, 2.45) is 35.5 Å². The van der Waals surface area contributed by atoms with Gasteiger partial charge < -0.3 is 15.3 Å². The van der Waals surface area contributed by atoms with Crippen LogP contribution in [0, 0.1) is 35.5 Å². The van der Waals surface area contributed by atoms with E-state index in [1.165, 1.54) is 69.1 Å². The highest BCUT2D eigenvalue weighted by Crippen LogP contribution is 2.42. The van der Waals surface area contributed by atoms with Gasteiger partial charge in [0.25, 0.3) is 0 Å². The number of nitrogens with zero attached hydrogens (tertiary/aromatic N) is 2. The molecular weight excluding hydrogens is 490 g/mol. The maximum absolute atomic E-state index is 13.9. The normalized spacial score (nSPS) is 27.6. The molecule has 4 aliphatic rings. The van der Waals surface area contributed by atoms with Crippen LogP contribution in [0.25, 0.3) is 0 Å². The molecule has 1 heterocycles. The molecule has 0 aromatic heterocycles. The minimum Gasteiger partial charge on any atom is -0.465 e. The van der Waals surface area contributed by atoms with Gasteiger partial charge in [-0.1, -0.05) is 52.4 Å². The Morgan fingerprint density at radius 2 is 1.44 bits per heavy atom. The van der Waals surface area contributed by atoms with Gasteiger partial charge in [0.2, 0.25) is 11.8 Å². The number of hydrogen-bond donors (Lipinski definition) is 2. The van der Waals surface area contributed by atoms with Gasteiger partial charge in [-0.15, -0.1) is 0 Å². The second-order valence-corrected chi connectivity index (χ2v) is 14.7. The molecule has 4 rings (SSSR count). The second kappa shape index (κ2) is 12.8. The van der Waals surface area contributed by atoms with Crippen molar-refractivity contribution in [2.45, 2.75) is 136 Å². The summed E-state index contributed by atoms with van der Waals surface area (Å²) in [6, 6.07) is -0.562. The van der Waals surface area contributed by atoms with E-state index in [1.807, 2.05) is 39.5 Å². The number of nitrogens with one attached hydrogen (secondary N) is 1. The van der Waals surface area contributed by atoms with Gasteiger partial charge in [-0.2, -0.15) is 0 Å². The zero-order valence-electron chi connectivity index (χ0n) is 25.3. The lowest BCUT2D eigenvalue weighted by molar-refractivity contribution is -0.138. The molecule has 7 nitrogen and oxygen atoms in total. The molecule has 0 spiro atoms. The Kier molecular flexibility index (Phi) is 9.91. The van der Waals surface area contributed by atoms with Gasteiger partial charge in [0, 0.05) is 36.5 Å². The summed E-state index contributed by atoms with van der Waals surface area (Å²) >= 11 is 0. The van der Waals surface area contributed by atoms with E-state index in [9.17, 15) is 19.5 Å². The summed E-state index contributed by atoms with van der Waals surface area (Å²) in [5.74, 6) is 2.27. The second-order valence-electron chi connectivity index (χ2n) is 14.7. The van der Waals surface area contributed by atoms with Crippen LogP contribution in [0.15, 0.2) is 0 Å². The van der Waals surface area contributed by atoms with E-state index in [4.69, 9.17) is 0 Å². The predicted octanol–water partition coefficient (Wildman–Crippen LogP) is 6.31. The number of carboxylic acid groups (broad SMARTS) is 1. The molecule has 222 valence electrons. The average Bonchev–Trinajstić information content (AvgIpc) is 3.45. The third-order valence-electron chi connectivity index (χ3n) is 10.3. The fourth-order valence-corrected chi connectivity index (χ4v) is 8.56. The first-order valence-corrected chi connectivity index (χ1v) is 16.1. The van der Waals surface area contributed by atoms with Crippen molar-refractivity contribution in [3.05, 3.63) is 0 Å². The zero-order chi connectivity index (χ0) is 28.3. The zero-order valence-corrected chi connectivity index (χ0v) is 25.3. The van der Waals surface area contributed by atoms with Gasteiger partial charge in [-0.3, -0.25) is 14.5 Å². The molecule has 3 amide bonds. The molecular formula is C32H55N3O4. The third-order valence-corrected chi connectivity index (χ3v) is 10.3. The molecule has 0 bridgehead atoms. The van der Waals surface area contributed by atoms with Crippen LogP contribution in [-0.4, -0.2) is 63.5 Å². The summed E-state index contributed by atoms with van der Waals surface area (Å²) in [6.07, 6.45) is 13.9. The molecule has 0 unspecified atom stereocenters. The smallest absolute Gasteiger partial charge is 0.408 e. The molecule has 4 fully saturated rings. The Bertz CT molecular complexity index is 838. The van der Waals surface area contributed by atoms with Crippen LogP contribution < -0.4 is 5.32 Å². The van der Waals surface area contributed by atoms with E-state index in [0.717, 1.165) is 12.8 Å². The lowest BCUT2D eigenvalue weighted by Crippen LogP contribution is -2.57. The summed E-state index contributed by atoms with van der Waals surface area (Å²) in [4.78, 5) is 43.4. The lowest BCUT2D eigenvalue weighted by Gasteiger charge is -2.41. The molecule has 39 heavy (non-hydrogen) atoms. The number of carbonyl (C=O) groups is 3. The molecule has 3 saturated carbocycles. The highest BCUT2D eigenvalue weighted by atomic mass is 16.4. The largest absolute Gasteiger partial charge is 0.465 e. The van der Waals surface area contributed by atoms with Crippen LogP contribution in [-0.2, 0) is 9.59 Å². The minimum absolute atomic E-state index is 0.0669. The summed E-state index contributed by atoms with van der Waals surface area (Å²) in [6.45, 7) is 11.0. The van der Waals surface area contributed by atoms with E-state index in [-0.39, 0.29) is 35.6 Å². The molecule has 0 radical (unpaired) electrons. The Morgan fingerprint density at radius 3 is 1.92 bits per heavy atom. The number of rotatable bonds is 8. The fourth-order valence-electron chi connectivity index (χ4n) is 8.56. The van der Waals surface area contributed by atoms with E-state index < -0.39 is 17.7 Å². The number of fused-ring (bicyclic) bond motifs is 1. The molecule has 1 aliphatic heterocycles. The number of hydrogen-bond acceptors (Lipinski definition) is 3. The number of likely N-dealkylation sites (tertiary alicyclic amines) is 1. The van der Waals surface area contributed by atoms with E-state index in [1.54, 1.807) is 0 Å². The van der Waals surface area contributed by atoms with Crippen LogP contribution in [0.3, 0.4) is 0 Å². The quantitative estimate of drug-likeness (QED) is 0.374. The fraction of sp³-hybridized carbons (Fsp3) is 0.906. The molecule has 1 saturated heterocycles. The minimum atomic E-state index is -1.04.